The van der Waals surface area contributed by atoms with Crippen LogP contribution in [0.15, 0.2) is 12.1 Å². The first-order valence-electron chi connectivity index (χ1n) is 5.12. The molecule has 0 radical (unpaired) electrons. The van der Waals surface area contributed by atoms with E-state index in [1.165, 1.54) is 12.7 Å². The van der Waals surface area contributed by atoms with E-state index in [4.69, 9.17) is 4.74 Å². The lowest BCUT2D eigenvalue weighted by atomic mass is 9.84. The molecule has 1 aromatic carbocycles. The molecule has 0 saturated carbocycles. The molecule has 0 aromatic heterocycles. The number of carbonyl (C=O) groups is 1. The number of rotatable bonds is 3. The fraction of sp³-hybridized carbons (Fsp3) is 0.308. The number of methoxy groups -OCH3 is 2. The second-order valence-electron chi connectivity index (χ2n) is 3.80. The van der Waals surface area contributed by atoms with Crippen LogP contribution in [0.25, 0.3) is 11.6 Å². The van der Waals surface area contributed by atoms with Gasteiger partial charge in [0.25, 0.3) is 0 Å². The van der Waals surface area contributed by atoms with Gasteiger partial charge >= 0.3 is 5.97 Å². The summed E-state index contributed by atoms with van der Waals surface area (Å²) in [6, 6.07) is 3.81. The Morgan fingerprint density at radius 2 is 2.06 bits per heavy atom. The third-order valence-corrected chi connectivity index (χ3v) is 2.83. The minimum absolute atomic E-state index is 0.216. The van der Waals surface area contributed by atoms with E-state index in [0.717, 1.165) is 22.4 Å². The SMILES string of the molecule is COC(=O)Cc1ccc(OC)c2c1C(C)=C2. The lowest BCUT2D eigenvalue weighted by molar-refractivity contribution is -0.139. The van der Waals surface area contributed by atoms with Crippen LogP contribution in [0.5, 0.6) is 5.75 Å². The summed E-state index contributed by atoms with van der Waals surface area (Å²) in [5, 5.41) is 0. The van der Waals surface area contributed by atoms with Crippen molar-refractivity contribution in [3.8, 4) is 5.75 Å². The van der Waals surface area contributed by atoms with E-state index in [1.54, 1.807) is 7.11 Å². The first-order chi connectivity index (χ1) is 7.67. The van der Waals surface area contributed by atoms with Gasteiger partial charge < -0.3 is 9.47 Å². The lowest BCUT2D eigenvalue weighted by Crippen LogP contribution is -2.10. The number of hydrogen-bond acceptors (Lipinski definition) is 3. The molecule has 3 nitrogen and oxygen atoms in total. The van der Waals surface area contributed by atoms with Gasteiger partial charge in [-0.1, -0.05) is 6.07 Å². The number of benzene rings is 1. The predicted octanol–water partition coefficient (Wildman–Crippen LogP) is 2.28. The van der Waals surface area contributed by atoms with E-state index >= 15 is 0 Å². The highest BCUT2D eigenvalue weighted by Gasteiger charge is 2.22. The Balaban J connectivity index is 2.36. The van der Waals surface area contributed by atoms with Crippen molar-refractivity contribution < 1.29 is 14.3 Å². The van der Waals surface area contributed by atoms with Crippen molar-refractivity contribution >= 4 is 17.6 Å². The Hall–Kier alpha value is -1.77. The van der Waals surface area contributed by atoms with Crippen molar-refractivity contribution in [2.24, 2.45) is 0 Å². The van der Waals surface area contributed by atoms with Crippen molar-refractivity contribution in [3.63, 3.8) is 0 Å². The minimum atomic E-state index is -0.216. The molecule has 0 spiro atoms. The molecule has 0 aliphatic heterocycles. The molecule has 3 heteroatoms. The highest BCUT2D eigenvalue weighted by Crippen LogP contribution is 2.40. The summed E-state index contributed by atoms with van der Waals surface area (Å²) in [4.78, 5) is 11.3. The van der Waals surface area contributed by atoms with Crippen LogP contribution in [-0.2, 0) is 16.0 Å². The Morgan fingerprint density at radius 1 is 1.31 bits per heavy atom. The van der Waals surface area contributed by atoms with Gasteiger partial charge in [0, 0.05) is 5.56 Å². The summed E-state index contributed by atoms with van der Waals surface area (Å²) in [6.07, 6.45) is 2.38. The van der Waals surface area contributed by atoms with Gasteiger partial charge in [0.1, 0.15) is 5.75 Å². The normalized spacial score (nSPS) is 12.3. The van der Waals surface area contributed by atoms with E-state index in [-0.39, 0.29) is 5.97 Å². The number of hydrogen-bond donors (Lipinski definition) is 0. The van der Waals surface area contributed by atoms with Crippen molar-refractivity contribution in [2.75, 3.05) is 14.2 Å². The monoisotopic (exact) mass is 218 g/mol. The maximum Gasteiger partial charge on any atom is 0.309 e. The third-order valence-electron chi connectivity index (χ3n) is 2.83. The van der Waals surface area contributed by atoms with Gasteiger partial charge in [0.05, 0.1) is 20.6 Å². The number of ether oxygens (including phenoxy) is 2. The van der Waals surface area contributed by atoms with Gasteiger partial charge in [-0.25, -0.2) is 0 Å². The van der Waals surface area contributed by atoms with Crippen LogP contribution in [0.4, 0.5) is 0 Å². The molecule has 1 aliphatic carbocycles. The Labute approximate surface area is 94.7 Å². The van der Waals surface area contributed by atoms with Gasteiger partial charge in [0.15, 0.2) is 0 Å². The molecule has 0 heterocycles. The van der Waals surface area contributed by atoms with Gasteiger partial charge in [0.2, 0.25) is 0 Å². The van der Waals surface area contributed by atoms with E-state index < -0.39 is 0 Å². The maximum atomic E-state index is 11.3. The Bertz CT molecular complexity index is 472. The maximum absolute atomic E-state index is 11.3. The van der Waals surface area contributed by atoms with Crippen LogP contribution in [0.1, 0.15) is 23.6 Å². The van der Waals surface area contributed by atoms with Crippen LogP contribution in [0.3, 0.4) is 0 Å². The smallest absolute Gasteiger partial charge is 0.309 e. The largest absolute Gasteiger partial charge is 0.496 e. The Morgan fingerprint density at radius 3 is 2.62 bits per heavy atom. The van der Waals surface area contributed by atoms with Gasteiger partial charge in [-0.15, -0.1) is 0 Å². The average Bonchev–Trinajstić information content (AvgIpc) is 2.27. The first kappa shape index (κ1) is 10.7. The summed E-state index contributed by atoms with van der Waals surface area (Å²) in [5.41, 5.74) is 4.40. The van der Waals surface area contributed by atoms with Crippen LogP contribution < -0.4 is 4.74 Å². The van der Waals surface area contributed by atoms with Crippen LogP contribution in [-0.4, -0.2) is 20.2 Å². The topological polar surface area (TPSA) is 35.5 Å². The fourth-order valence-electron chi connectivity index (χ4n) is 2.02. The van der Waals surface area contributed by atoms with Crippen LogP contribution >= 0.6 is 0 Å². The van der Waals surface area contributed by atoms with Gasteiger partial charge in [-0.05, 0) is 35.8 Å². The molecule has 0 fully saturated rings. The summed E-state index contributed by atoms with van der Waals surface area (Å²) >= 11 is 0. The van der Waals surface area contributed by atoms with E-state index in [1.807, 2.05) is 19.1 Å². The molecule has 2 rings (SSSR count). The number of carbonyl (C=O) groups excluding carboxylic acids is 1. The van der Waals surface area contributed by atoms with Crippen molar-refractivity contribution in [1.29, 1.82) is 0 Å². The second-order valence-corrected chi connectivity index (χ2v) is 3.80. The quantitative estimate of drug-likeness (QED) is 0.730. The van der Waals surface area contributed by atoms with Crippen molar-refractivity contribution in [1.82, 2.24) is 0 Å². The summed E-state index contributed by atoms with van der Waals surface area (Å²) in [6.45, 7) is 2.03. The molecule has 1 aromatic rings. The van der Waals surface area contributed by atoms with Crippen molar-refractivity contribution in [3.05, 3.63) is 28.8 Å². The standard InChI is InChI=1S/C13H14O3/c1-8-6-10-11(15-2)5-4-9(13(8)10)7-12(14)16-3/h4-6H,7H2,1-3H3. The van der Waals surface area contributed by atoms with Crippen LogP contribution in [0, 0.1) is 0 Å². The Kier molecular flexibility index (Phi) is 2.69. The van der Waals surface area contributed by atoms with E-state index in [2.05, 4.69) is 10.8 Å². The molecular weight excluding hydrogens is 204 g/mol. The fourth-order valence-corrected chi connectivity index (χ4v) is 2.02. The van der Waals surface area contributed by atoms with Gasteiger partial charge in [-0.3, -0.25) is 4.79 Å². The van der Waals surface area contributed by atoms with E-state index in [0.29, 0.717) is 6.42 Å². The van der Waals surface area contributed by atoms with Crippen LogP contribution in [0.2, 0.25) is 0 Å². The van der Waals surface area contributed by atoms with Gasteiger partial charge in [-0.2, -0.15) is 0 Å². The minimum Gasteiger partial charge on any atom is -0.496 e. The zero-order valence-electron chi connectivity index (χ0n) is 9.66. The highest BCUT2D eigenvalue weighted by atomic mass is 16.5. The number of esters is 1. The molecule has 1 aliphatic rings. The third kappa shape index (κ3) is 1.58. The molecule has 84 valence electrons. The second kappa shape index (κ2) is 4.00. The summed E-state index contributed by atoms with van der Waals surface area (Å²) in [7, 11) is 3.05. The highest BCUT2D eigenvalue weighted by molar-refractivity contribution is 5.99. The summed E-state index contributed by atoms with van der Waals surface area (Å²) in [5.74, 6) is 0.640. The molecular formula is C13H14O3. The first-order valence-corrected chi connectivity index (χ1v) is 5.12. The average molecular weight is 218 g/mol. The zero-order chi connectivity index (χ0) is 11.7. The molecule has 0 atom stereocenters. The van der Waals surface area contributed by atoms with Crippen molar-refractivity contribution in [2.45, 2.75) is 13.3 Å². The number of fused-ring (bicyclic) bond motifs is 1. The lowest BCUT2D eigenvalue weighted by Gasteiger charge is -2.23. The molecule has 0 amide bonds. The molecule has 0 N–H and O–H groups in total. The predicted molar refractivity (Wildman–Crippen MR) is 62.3 cm³/mol. The molecule has 0 unspecified atom stereocenters. The molecule has 16 heavy (non-hydrogen) atoms. The summed E-state index contributed by atoms with van der Waals surface area (Å²) < 4.78 is 9.93. The number of allylic oxidation sites excluding steroid dienone is 1. The zero-order valence-corrected chi connectivity index (χ0v) is 9.66. The molecule has 0 bridgehead atoms. The van der Waals surface area contributed by atoms with E-state index in [9.17, 15) is 4.79 Å². The molecule has 0 saturated heterocycles.